The summed E-state index contributed by atoms with van der Waals surface area (Å²) in [6.45, 7) is 6.21. The zero-order valence-electron chi connectivity index (χ0n) is 20.1. The lowest BCUT2D eigenvalue weighted by atomic mass is 10.00. The number of benzene rings is 2. The number of rotatable bonds is 7. The number of aromatic nitrogens is 1. The molecule has 4 rings (SSSR count). The van der Waals surface area contributed by atoms with Crippen LogP contribution in [-0.2, 0) is 11.3 Å². The number of hydrogen-bond acceptors (Lipinski definition) is 7. The van der Waals surface area contributed by atoms with Crippen LogP contribution in [0.1, 0.15) is 35.3 Å². The molecule has 1 aromatic heterocycles. The molecule has 0 spiro atoms. The molecule has 0 radical (unpaired) electrons. The van der Waals surface area contributed by atoms with Gasteiger partial charge in [-0.3, -0.25) is 4.79 Å². The number of aliphatic hydroxyl groups excluding tert-OH is 1. The number of fused-ring (bicyclic) bond motifs is 1. The number of carbonyl (C=O) groups excluding carboxylic acids is 1. The predicted octanol–water partition coefficient (Wildman–Crippen LogP) is 3.28. The molecular weight excluding hydrogens is 494 g/mol. The molecule has 0 bridgehead atoms. The van der Waals surface area contributed by atoms with E-state index in [4.69, 9.17) is 22.1 Å². The first kappa shape index (κ1) is 25.9. The van der Waals surface area contributed by atoms with Crippen molar-refractivity contribution in [1.82, 2.24) is 9.88 Å². The maximum atomic E-state index is 15.7. The summed E-state index contributed by atoms with van der Waals surface area (Å²) in [5.74, 6) is -2.33. The van der Waals surface area contributed by atoms with Crippen molar-refractivity contribution in [2.75, 3.05) is 36.9 Å². The maximum absolute atomic E-state index is 15.7. The number of pyridine rings is 1. The van der Waals surface area contributed by atoms with Gasteiger partial charge in [-0.2, -0.15) is 0 Å². The van der Waals surface area contributed by atoms with Crippen molar-refractivity contribution in [2.45, 2.75) is 33.4 Å². The normalized spacial score (nSPS) is 13.8. The van der Waals surface area contributed by atoms with Crippen LogP contribution in [0.2, 0.25) is 5.02 Å². The number of carbonyl (C=O) groups is 1. The number of nitrogens with zero attached hydrogens (tertiary/aromatic N) is 2. The molecule has 4 N–H and O–H groups in total. The van der Waals surface area contributed by atoms with Gasteiger partial charge in [0.1, 0.15) is 11.4 Å². The number of likely N-dealkylation sites (N-methyl/N-ethyl adjacent to an activating group) is 1. The highest BCUT2D eigenvalue weighted by molar-refractivity contribution is 6.38. The van der Waals surface area contributed by atoms with E-state index >= 15 is 4.39 Å². The first-order valence-corrected chi connectivity index (χ1v) is 11.9. The molecule has 1 aliphatic heterocycles. The molecule has 0 unspecified atom stereocenters. The molecule has 0 aliphatic carbocycles. The quantitative estimate of drug-likeness (QED) is 0.324. The maximum Gasteiger partial charge on any atom is 0.343 e. The average molecular weight is 521 g/mol. The van der Waals surface area contributed by atoms with E-state index in [2.05, 4.69) is 5.32 Å². The smallest absolute Gasteiger partial charge is 0.343 e. The number of nitrogen functional groups attached to an aromatic ring is 1. The first-order valence-electron chi connectivity index (χ1n) is 11.6. The fraction of sp³-hybridized carbons (Fsp3) is 0.360. The SMILES string of the molecule is CCNC1CN(c2c(F)c(C)c3c(=O)c(C(=O)OCC)cn(-c4cc(N)c(F)cc4CO)c3c2Cl)C1. The van der Waals surface area contributed by atoms with Crippen molar-refractivity contribution in [1.29, 1.82) is 0 Å². The number of nitrogens with two attached hydrogens (primary N) is 1. The van der Waals surface area contributed by atoms with Crippen molar-refractivity contribution in [3.8, 4) is 5.69 Å². The Morgan fingerprint density at radius 3 is 2.61 bits per heavy atom. The molecule has 0 amide bonds. The Morgan fingerprint density at radius 2 is 2.00 bits per heavy atom. The molecular formula is C25H27ClF2N4O4. The summed E-state index contributed by atoms with van der Waals surface area (Å²) in [5.41, 5.74) is 5.01. The minimum absolute atomic E-state index is 0.00170. The first-order chi connectivity index (χ1) is 17.1. The van der Waals surface area contributed by atoms with Crippen LogP contribution < -0.4 is 21.4 Å². The third kappa shape index (κ3) is 4.19. The third-order valence-corrected chi connectivity index (χ3v) is 6.71. The van der Waals surface area contributed by atoms with Crippen LogP contribution in [0.5, 0.6) is 0 Å². The van der Waals surface area contributed by atoms with Crippen molar-refractivity contribution < 1.29 is 23.4 Å². The third-order valence-electron chi connectivity index (χ3n) is 6.35. The molecule has 2 aromatic carbocycles. The molecule has 3 aromatic rings. The highest BCUT2D eigenvalue weighted by Crippen LogP contribution is 2.41. The number of esters is 1. The van der Waals surface area contributed by atoms with Crippen molar-refractivity contribution in [2.24, 2.45) is 0 Å². The second-order valence-corrected chi connectivity index (χ2v) is 8.99. The Kier molecular flexibility index (Phi) is 7.21. The summed E-state index contributed by atoms with van der Waals surface area (Å²) < 4.78 is 36.3. The van der Waals surface area contributed by atoms with E-state index in [1.807, 2.05) is 6.92 Å². The number of aliphatic hydroxyl groups is 1. The Balaban J connectivity index is 2.10. The second-order valence-electron chi connectivity index (χ2n) is 8.61. The van der Waals surface area contributed by atoms with Gasteiger partial charge in [0.15, 0.2) is 5.82 Å². The summed E-state index contributed by atoms with van der Waals surface area (Å²) >= 11 is 6.79. The van der Waals surface area contributed by atoms with Gasteiger partial charge in [-0.15, -0.1) is 0 Å². The minimum atomic E-state index is -0.907. The van der Waals surface area contributed by atoms with Crippen LogP contribution in [0.25, 0.3) is 16.6 Å². The van der Waals surface area contributed by atoms with Crippen LogP contribution >= 0.6 is 11.6 Å². The largest absolute Gasteiger partial charge is 0.462 e. The monoisotopic (exact) mass is 520 g/mol. The molecule has 8 nitrogen and oxygen atoms in total. The van der Waals surface area contributed by atoms with Gasteiger partial charge < -0.3 is 30.4 Å². The van der Waals surface area contributed by atoms with Crippen molar-refractivity contribution >= 4 is 39.8 Å². The fourth-order valence-electron chi connectivity index (χ4n) is 4.55. The lowest BCUT2D eigenvalue weighted by Crippen LogP contribution is -2.58. The van der Waals surface area contributed by atoms with E-state index in [0.717, 1.165) is 12.6 Å². The summed E-state index contributed by atoms with van der Waals surface area (Å²) in [5, 5.41) is 13.0. The van der Waals surface area contributed by atoms with E-state index < -0.39 is 29.6 Å². The standard InChI is InChI=1S/C25H27ClF2N4O4/c1-4-30-14-8-31(9-14)23-20(26)22-19(12(3)21(23)28)24(34)15(25(35)36-5-2)10-32(22)18-7-17(29)16(27)6-13(18)11-33/h6-7,10,14,30,33H,4-5,8-9,11,29H2,1-3H3. The Hall–Kier alpha value is -3.21. The number of ether oxygens (including phenoxy) is 1. The summed E-state index contributed by atoms with van der Waals surface area (Å²) in [6.07, 6.45) is 1.21. The van der Waals surface area contributed by atoms with E-state index in [0.29, 0.717) is 13.1 Å². The fourth-order valence-corrected chi connectivity index (χ4v) is 4.93. The van der Waals surface area contributed by atoms with Gasteiger partial charge in [-0.1, -0.05) is 18.5 Å². The van der Waals surface area contributed by atoms with Crippen molar-refractivity contribution in [3.63, 3.8) is 0 Å². The predicted molar refractivity (Wildman–Crippen MR) is 135 cm³/mol. The van der Waals surface area contributed by atoms with Gasteiger partial charge in [0, 0.05) is 36.5 Å². The Bertz CT molecular complexity index is 1420. The summed E-state index contributed by atoms with van der Waals surface area (Å²) in [7, 11) is 0. The summed E-state index contributed by atoms with van der Waals surface area (Å²) in [4.78, 5) is 27.9. The lowest BCUT2D eigenvalue weighted by Gasteiger charge is -2.42. The molecule has 1 aliphatic rings. The van der Waals surface area contributed by atoms with Gasteiger partial charge in [0.05, 0.1) is 46.2 Å². The molecule has 1 saturated heterocycles. The molecule has 0 saturated carbocycles. The number of halogens is 3. The zero-order chi connectivity index (χ0) is 26.3. The topological polar surface area (TPSA) is 110 Å². The highest BCUT2D eigenvalue weighted by Gasteiger charge is 2.33. The number of hydrogen-bond donors (Lipinski definition) is 3. The van der Waals surface area contributed by atoms with Gasteiger partial charge in [-0.05, 0) is 32.5 Å². The molecule has 2 heterocycles. The van der Waals surface area contributed by atoms with Crippen LogP contribution in [0.3, 0.4) is 0 Å². The van der Waals surface area contributed by atoms with Crippen LogP contribution in [0, 0.1) is 18.6 Å². The van der Waals surface area contributed by atoms with Gasteiger partial charge >= 0.3 is 5.97 Å². The van der Waals surface area contributed by atoms with Gasteiger partial charge in [0.2, 0.25) is 5.43 Å². The molecule has 1 fully saturated rings. The highest BCUT2D eigenvalue weighted by atomic mass is 35.5. The summed E-state index contributed by atoms with van der Waals surface area (Å²) in [6, 6.07) is 2.48. The second kappa shape index (κ2) is 10.0. The van der Waals surface area contributed by atoms with Crippen LogP contribution in [-0.4, -0.2) is 47.9 Å². The molecule has 0 atom stereocenters. The lowest BCUT2D eigenvalue weighted by molar-refractivity contribution is 0.0524. The molecule has 36 heavy (non-hydrogen) atoms. The van der Waals surface area contributed by atoms with E-state index in [1.54, 1.807) is 11.8 Å². The molecule has 11 heteroatoms. The number of nitrogens with one attached hydrogen (secondary N) is 1. The molecule has 192 valence electrons. The van der Waals surface area contributed by atoms with E-state index in [1.165, 1.54) is 23.8 Å². The van der Waals surface area contributed by atoms with E-state index in [9.17, 15) is 19.1 Å². The zero-order valence-corrected chi connectivity index (χ0v) is 20.9. The van der Waals surface area contributed by atoms with Crippen LogP contribution in [0.15, 0.2) is 23.1 Å². The minimum Gasteiger partial charge on any atom is -0.462 e. The van der Waals surface area contributed by atoms with Gasteiger partial charge in [-0.25, -0.2) is 13.6 Å². The van der Waals surface area contributed by atoms with Crippen molar-refractivity contribution in [3.05, 3.63) is 61.9 Å². The Labute approximate surface area is 211 Å². The van der Waals surface area contributed by atoms with E-state index in [-0.39, 0.29) is 62.3 Å². The number of anilines is 2. The average Bonchev–Trinajstić information content (AvgIpc) is 2.82. The number of aryl methyl sites for hydroxylation is 1. The van der Waals surface area contributed by atoms with Gasteiger partial charge in [0.25, 0.3) is 0 Å². The van der Waals surface area contributed by atoms with Crippen LogP contribution in [0.4, 0.5) is 20.2 Å². The Morgan fingerprint density at radius 1 is 1.31 bits per heavy atom.